The molecule has 0 saturated carbocycles. The predicted octanol–water partition coefficient (Wildman–Crippen LogP) is 15.1. The van der Waals surface area contributed by atoms with E-state index in [1.54, 1.807) is 7.11 Å². The van der Waals surface area contributed by atoms with Gasteiger partial charge >= 0.3 is 0 Å². The van der Waals surface area contributed by atoms with Crippen LogP contribution >= 0.6 is 0 Å². The van der Waals surface area contributed by atoms with Gasteiger partial charge in [0, 0.05) is 0 Å². The van der Waals surface area contributed by atoms with Gasteiger partial charge in [0.25, 0.3) is 0 Å². The molecule has 60 heavy (non-hydrogen) atoms. The molecule has 0 radical (unpaired) electrons. The van der Waals surface area contributed by atoms with Gasteiger partial charge in [0.05, 0.1) is 12.7 Å². The van der Waals surface area contributed by atoms with Crippen molar-refractivity contribution in [2.45, 2.75) is 19.8 Å². The topological polar surface area (TPSA) is 42.2 Å². The first-order valence-electron chi connectivity index (χ1n) is 20.2. The Hall–Kier alpha value is -7.67. The lowest BCUT2D eigenvalue weighted by Crippen LogP contribution is -2.03. The molecule has 0 saturated heterocycles. The van der Waals surface area contributed by atoms with Crippen molar-refractivity contribution in [2.24, 2.45) is 0 Å². The summed E-state index contributed by atoms with van der Waals surface area (Å²) in [6.07, 6.45) is 5.03. The Morgan fingerprint density at radius 2 is 0.833 bits per heavy atom. The van der Waals surface area contributed by atoms with E-state index in [1.807, 2.05) is 43.3 Å². The van der Waals surface area contributed by atoms with Crippen molar-refractivity contribution in [1.82, 2.24) is 0 Å². The highest BCUT2D eigenvalue weighted by molar-refractivity contribution is 6.15. The van der Waals surface area contributed by atoms with E-state index in [0.29, 0.717) is 29.9 Å². The summed E-state index contributed by atoms with van der Waals surface area (Å²) in [5.41, 5.74) is 16.6. The van der Waals surface area contributed by atoms with Crippen LogP contribution in [0.5, 0.6) is 17.2 Å². The van der Waals surface area contributed by atoms with Gasteiger partial charge in [0.2, 0.25) is 0 Å². The Balaban J connectivity index is 1.59. The van der Waals surface area contributed by atoms with Crippen LogP contribution in [-0.4, -0.2) is 7.11 Å². The van der Waals surface area contributed by atoms with Crippen LogP contribution < -0.4 is 9.47 Å². The molecule has 0 bridgehead atoms. The minimum absolute atomic E-state index is 0.520. The fourth-order valence-corrected chi connectivity index (χ4v) is 8.29. The van der Waals surface area contributed by atoms with Crippen LogP contribution in [0.2, 0.25) is 0 Å². The second-order valence-corrected chi connectivity index (χ2v) is 14.7. The molecule has 0 fully saturated rings. The van der Waals surface area contributed by atoms with Gasteiger partial charge < -0.3 is 9.47 Å². The summed E-state index contributed by atoms with van der Waals surface area (Å²) in [5, 5.41) is 10.1. The first-order chi connectivity index (χ1) is 29.5. The number of ether oxygens (including phenoxy) is 2. The number of hydrogen-bond acceptors (Lipinski definition) is 3. The molecule has 0 amide bonds. The van der Waals surface area contributed by atoms with Crippen LogP contribution in [0.3, 0.4) is 0 Å². The average molecular weight is 776 g/mol. The fourth-order valence-electron chi connectivity index (χ4n) is 8.29. The number of rotatable bonds is 13. The molecule has 8 aromatic rings. The van der Waals surface area contributed by atoms with E-state index >= 15 is 0 Å². The van der Waals surface area contributed by atoms with Gasteiger partial charge in [-0.15, -0.1) is 13.2 Å². The highest BCUT2D eigenvalue weighted by Crippen LogP contribution is 2.56. The summed E-state index contributed by atoms with van der Waals surface area (Å²) in [7, 11) is 1.72. The van der Waals surface area contributed by atoms with Gasteiger partial charge in [-0.25, -0.2) is 0 Å². The second-order valence-electron chi connectivity index (χ2n) is 14.7. The molecule has 0 aromatic heterocycles. The van der Waals surface area contributed by atoms with Crippen LogP contribution in [0.25, 0.3) is 66.8 Å². The summed E-state index contributed by atoms with van der Waals surface area (Å²) < 4.78 is 12.5. The van der Waals surface area contributed by atoms with Gasteiger partial charge in [-0.05, 0) is 134 Å². The summed E-state index contributed by atoms with van der Waals surface area (Å²) in [6, 6.07) is 64.0. The van der Waals surface area contributed by atoms with Crippen molar-refractivity contribution in [1.29, 1.82) is 5.26 Å². The SMILES string of the molecule is C=CCc1cc(-c2c(-c3ccccc3)c(-c3ccccc3)c(-c3ccccc3)c(-c3ccccc3)c2-c2ccc(Oc3cccc(C)c3C#N)c(CC=C)c2)ccc1OC. The van der Waals surface area contributed by atoms with Crippen LogP contribution in [0, 0.1) is 18.3 Å². The lowest BCUT2D eigenvalue weighted by atomic mass is 9.74. The van der Waals surface area contributed by atoms with E-state index in [2.05, 4.69) is 171 Å². The molecule has 3 nitrogen and oxygen atoms in total. The first-order valence-corrected chi connectivity index (χ1v) is 20.2. The van der Waals surface area contributed by atoms with Gasteiger partial charge in [-0.3, -0.25) is 0 Å². The highest BCUT2D eigenvalue weighted by Gasteiger charge is 2.30. The quantitative estimate of drug-likeness (QED) is 0.110. The van der Waals surface area contributed by atoms with E-state index in [-0.39, 0.29) is 0 Å². The third kappa shape index (κ3) is 7.67. The van der Waals surface area contributed by atoms with E-state index in [1.165, 1.54) is 0 Å². The van der Waals surface area contributed by atoms with Crippen LogP contribution in [0.4, 0.5) is 0 Å². The predicted molar refractivity (Wildman–Crippen MR) is 249 cm³/mol. The van der Waals surface area contributed by atoms with Gasteiger partial charge in [-0.2, -0.15) is 5.26 Å². The molecule has 0 spiro atoms. The van der Waals surface area contributed by atoms with E-state index < -0.39 is 0 Å². The maximum Gasteiger partial charge on any atom is 0.145 e. The zero-order chi connectivity index (χ0) is 41.4. The molecule has 0 aliphatic rings. The number of aryl methyl sites for hydroxylation is 1. The number of methoxy groups -OCH3 is 1. The highest BCUT2D eigenvalue weighted by atomic mass is 16.5. The minimum Gasteiger partial charge on any atom is -0.496 e. The standard InChI is InChI=1S/C57H45NO2/c1-5-20-44-36-46(32-34-49(44)59-4)56-54(42-27-15-9-16-28-42)52(40-23-11-7-12-24-40)53(41-25-13-8-14-26-41)55(43-29-17-10-18-30-43)57(56)47-33-35-50(45(37-47)21-6-2)60-51-31-19-22-39(3)48(51)38-58/h5-19,22-37H,1-2,20-21H2,3-4H3. The monoisotopic (exact) mass is 775 g/mol. The van der Waals surface area contributed by atoms with Crippen molar-refractivity contribution in [3.05, 3.63) is 223 Å². The molecule has 0 aliphatic carbocycles. The molecule has 0 aliphatic heterocycles. The Bertz CT molecular complexity index is 2850. The molecule has 0 atom stereocenters. The summed E-state index contributed by atoms with van der Waals surface area (Å²) in [4.78, 5) is 0. The van der Waals surface area contributed by atoms with Crippen molar-refractivity contribution in [3.63, 3.8) is 0 Å². The maximum atomic E-state index is 10.1. The Morgan fingerprint density at radius 1 is 0.450 bits per heavy atom. The maximum absolute atomic E-state index is 10.1. The molecule has 0 N–H and O–H groups in total. The lowest BCUT2D eigenvalue weighted by Gasteiger charge is -2.29. The number of nitrogens with zero attached hydrogens (tertiary/aromatic N) is 1. The number of allylic oxidation sites excluding steroid dienone is 2. The number of nitriles is 1. The Kier molecular flexibility index (Phi) is 11.7. The molecule has 290 valence electrons. The average Bonchev–Trinajstić information content (AvgIpc) is 3.30. The molecular weight excluding hydrogens is 731 g/mol. The first kappa shape index (κ1) is 39.2. The molecule has 8 rings (SSSR count). The molecule has 3 heteroatoms. The van der Waals surface area contributed by atoms with Gasteiger partial charge in [0.15, 0.2) is 0 Å². The van der Waals surface area contributed by atoms with Crippen molar-refractivity contribution in [3.8, 4) is 90.1 Å². The number of hydrogen-bond donors (Lipinski definition) is 0. The third-order valence-electron chi connectivity index (χ3n) is 11.0. The van der Waals surface area contributed by atoms with Crippen LogP contribution in [0.1, 0.15) is 22.3 Å². The zero-order valence-electron chi connectivity index (χ0n) is 34.0. The minimum atomic E-state index is 0.520. The smallest absolute Gasteiger partial charge is 0.145 e. The van der Waals surface area contributed by atoms with Crippen molar-refractivity contribution >= 4 is 0 Å². The van der Waals surface area contributed by atoms with Crippen LogP contribution in [-0.2, 0) is 12.8 Å². The second kappa shape index (κ2) is 17.9. The molecule has 0 heterocycles. The van der Waals surface area contributed by atoms with Gasteiger partial charge in [0.1, 0.15) is 23.3 Å². The third-order valence-corrected chi connectivity index (χ3v) is 11.0. The number of benzene rings is 8. The summed E-state index contributed by atoms with van der Waals surface area (Å²) >= 11 is 0. The largest absolute Gasteiger partial charge is 0.496 e. The Morgan fingerprint density at radius 3 is 1.22 bits per heavy atom. The lowest BCUT2D eigenvalue weighted by molar-refractivity contribution is 0.411. The van der Waals surface area contributed by atoms with Crippen LogP contribution in [0.15, 0.2) is 201 Å². The zero-order valence-corrected chi connectivity index (χ0v) is 34.0. The van der Waals surface area contributed by atoms with E-state index in [9.17, 15) is 5.26 Å². The molecule has 8 aromatic carbocycles. The van der Waals surface area contributed by atoms with Gasteiger partial charge in [-0.1, -0.05) is 158 Å². The Labute approximate surface area is 353 Å². The van der Waals surface area contributed by atoms with E-state index in [0.717, 1.165) is 89.2 Å². The summed E-state index contributed by atoms with van der Waals surface area (Å²) in [5.74, 6) is 2.02. The van der Waals surface area contributed by atoms with E-state index in [4.69, 9.17) is 9.47 Å². The molecule has 0 unspecified atom stereocenters. The summed E-state index contributed by atoms with van der Waals surface area (Å²) in [6.45, 7) is 10.2. The molecular formula is C57H45NO2. The fraction of sp³-hybridized carbons (Fsp3) is 0.0702. The van der Waals surface area contributed by atoms with Crippen molar-refractivity contribution in [2.75, 3.05) is 7.11 Å². The van der Waals surface area contributed by atoms with Crippen molar-refractivity contribution < 1.29 is 9.47 Å². The normalized spacial score (nSPS) is 10.8.